The zero-order valence-corrected chi connectivity index (χ0v) is 5.00. The summed E-state index contributed by atoms with van der Waals surface area (Å²) in [5.41, 5.74) is 0. The zero-order chi connectivity index (χ0) is 5.11. The van der Waals surface area contributed by atoms with Crippen LogP contribution < -0.4 is 10.5 Å². The van der Waals surface area contributed by atoms with E-state index in [1.165, 1.54) is 18.4 Å². The summed E-state index contributed by atoms with van der Waals surface area (Å²) in [5, 5.41) is 9.21. The molecule has 0 aromatic carbocycles. The van der Waals surface area contributed by atoms with Crippen LogP contribution in [0.25, 0.3) is 0 Å². The summed E-state index contributed by atoms with van der Waals surface area (Å²) < 4.78 is 0. The fourth-order valence-electron chi connectivity index (χ4n) is 0.744. The van der Waals surface area contributed by atoms with Gasteiger partial charge in [-0.3, -0.25) is 5.14 Å². The van der Waals surface area contributed by atoms with E-state index < -0.39 is 0 Å². The highest BCUT2D eigenvalue weighted by atomic mass is 32.2. The van der Waals surface area contributed by atoms with Gasteiger partial charge in [0, 0.05) is 11.8 Å². The summed E-state index contributed by atoms with van der Waals surface area (Å²) in [6.45, 7) is 2.25. The van der Waals surface area contributed by atoms with E-state index in [9.17, 15) is 0 Å². The fraction of sp³-hybridized carbons (Fsp3) is 1.00. The molecule has 0 spiro atoms. The highest BCUT2D eigenvalue weighted by molar-refractivity contribution is 7.97. The lowest BCUT2D eigenvalue weighted by Crippen LogP contribution is -2.11. The summed E-state index contributed by atoms with van der Waals surface area (Å²) in [7, 11) is 0. The molecule has 1 rings (SSSR count). The first-order valence-corrected chi connectivity index (χ1v) is 3.44. The van der Waals surface area contributed by atoms with Crippen LogP contribution >= 0.6 is 11.9 Å². The van der Waals surface area contributed by atoms with E-state index in [2.05, 4.69) is 5.32 Å². The Balaban J connectivity index is 2.14. The van der Waals surface area contributed by atoms with Crippen LogP contribution in [0.4, 0.5) is 0 Å². The minimum atomic E-state index is 0.681. The Morgan fingerprint density at radius 2 is 2.57 bits per heavy atom. The molecule has 3 heteroatoms. The van der Waals surface area contributed by atoms with E-state index in [-0.39, 0.29) is 0 Å². The van der Waals surface area contributed by atoms with Crippen molar-refractivity contribution in [3.8, 4) is 0 Å². The number of nitrogens with one attached hydrogen (secondary N) is 1. The van der Waals surface area contributed by atoms with Crippen molar-refractivity contribution in [2.75, 3.05) is 13.1 Å². The van der Waals surface area contributed by atoms with Crippen LogP contribution in [-0.4, -0.2) is 18.3 Å². The molecule has 0 aromatic rings. The minimum Gasteiger partial charge on any atom is -0.316 e. The van der Waals surface area contributed by atoms with Crippen molar-refractivity contribution in [3.05, 3.63) is 0 Å². The molecule has 0 radical (unpaired) electrons. The van der Waals surface area contributed by atoms with Gasteiger partial charge in [-0.1, -0.05) is 11.9 Å². The van der Waals surface area contributed by atoms with Crippen LogP contribution in [0.2, 0.25) is 0 Å². The lowest BCUT2D eigenvalue weighted by Gasteiger charge is -1.98. The van der Waals surface area contributed by atoms with Crippen LogP contribution in [0, 0.1) is 0 Å². The summed E-state index contributed by atoms with van der Waals surface area (Å²) in [4.78, 5) is 0. The van der Waals surface area contributed by atoms with Gasteiger partial charge in [0.2, 0.25) is 0 Å². The molecule has 1 fully saturated rings. The second-order valence-electron chi connectivity index (χ2n) is 1.75. The van der Waals surface area contributed by atoms with E-state index in [1.807, 2.05) is 0 Å². The molecule has 0 bridgehead atoms. The Hall–Kier alpha value is 0.270. The van der Waals surface area contributed by atoms with Crippen molar-refractivity contribution in [3.63, 3.8) is 0 Å². The van der Waals surface area contributed by atoms with Gasteiger partial charge >= 0.3 is 0 Å². The van der Waals surface area contributed by atoms with Gasteiger partial charge in [-0.25, -0.2) is 0 Å². The molecule has 1 aliphatic heterocycles. The Bertz CT molecular complexity index is 51.7. The van der Waals surface area contributed by atoms with Crippen LogP contribution in [0.5, 0.6) is 0 Å². The highest BCUT2D eigenvalue weighted by Gasteiger charge is 2.11. The molecular formula is C4H10N2S. The molecule has 7 heavy (non-hydrogen) atoms. The highest BCUT2D eigenvalue weighted by Crippen LogP contribution is 2.09. The average Bonchev–Trinajstić information content (AvgIpc) is 2.14. The van der Waals surface area contributed by atoms with Gasteiger partial charge in [0.15, 0.2) is 0 Å². The van der Waals surface area contributed by atoms with Gasteiger partial charge in [0.1, 0.15) is 0 Å². The quantitative estimate of drug-likeness (QED) is 0.474. The molecule has 3 N–H and O–H groups in total. The molecule has 1 heterocycles. The molecule has 1 aliphatic rings. The summed E-state index contributed by atoms with van der Waals surface area (Å²) in [6.07, 6.45) is 1.24. The molecule has 1 atom stereocenters. The molecule has 0 amide bonds. The Morgan fingerprint density at radius 1 is 1.71 bits per heavy atom. The van der Waals surface area contributed by atoms with Crippen molar-refractivity contribution in [2.45, 2.75) is 11.7 Å². The first-order valence-electron chi connectivity index (χ1n) is 2.50. The number of hydrogen-bond donors (Lipinski definition) is 2. The summed E-state index contributed by atoms with van der Waals surface area (Å²) in [6, 6.07) is 0. The maximum Gasteiger partial charge on any atom is 0.0327 e. The second-order valence-corrected chi connectivity index (χ2v) is 2.69. The molecule has 1 unspecified atom stereocenters. The van der Waals surface area contributed by atoms with E-state index in [0.29, 0.717) is 5.25 Å². The van der Waals surface area contributed by atoms with Crippen LogP contribution in [0.1, 0.15) is 6.42 Å². The average molecular weight is 118 g/mol. The van der Waals surface area contributed by atoms with E-state index >= 15 is 0 Å². The SMILES string of the molecule is NSC1CCNC1. The predicted octanol–water partition coefficient (Wildman–Crippen LogP) is -0.0448. The van der Waals surface area contributed by atoms with Gasteiger partial charge in [-0.2, -0.15) is 0 Å². The van der Waals surface area contributed by atoms with E-state index in [0.717, 1.165) is 13.1 Å². The molecule has 0 aliphatic carbocycles. The molecule has 0 aromatic heterocycles. The first kappa shape index (κ1) is 5.41. The lowest BCUT2D eigenvalue weighted by atomic mass is 10.4. The van der Waals surface area contributed by atoms with Crippen molar-refractivity contribution in [1.82, 2.24) is 5.32 Å². The maximum atomic E-state index is 5.31. The number of rotatable bonds is 1. The molecule has 0 saturated carbocycles. The topological polar surface area (TPSA) is 38.0 Å². The third-order valence-electron chi connectivity index (χ3n) is 1.21. The monoisotopic (exact) mass is 118 g/mol. The molecular weight excluding hydrogens is 108 g/mol. The van der Waals surface area contributed by atoms with Crippen LogP contribution in [0.3, 0.4) is 0 Å². The van der Waals surface area contributed by atoms with Gasteiger partial charge in [-0.15, -0.1) is 0 Å². The van der Waals surface area contributed by atoms with Crippen molar-refractivity contribution >= 4 is 11.9 Å². The predicted molar refractivity (Wildman–Crippen MR) is 33.1 cm³/mol. The minimum absolute atomic E-state index is 0.681. The van der Waals surface area contributed by atoms with Gasteiger partial charge in [0.05, 0.1) is 0 Å². The normalized spacial score (nSPS) is 31.3. The molecule has 2 nitrogen and oxygen atoms in total. The van der Waals surface area contributed by atoms with Crippen LogP contribution in [0.15, 0.2) is 0 Å². The van der Waals surface area contributed by atoms with E-state index in [1.54, 1.807) is 0 Å². The standard InChI is InChI=1S/C4H10N2S/c5-7-4-1-2-6-3-4/h4,6H,1-3,5H2. The van der Waals surface area contributed by atoms with Crippen molar-refractivity contribution in [1.29, 1.82) is 0 Å². The largest absolute Gasteiger partial charge is 0.316 e. The van der Waals surface area contributed by atoms with Crippen molar-refractivity contribution in [2.24, 2.45) is 5.14 Å². The summed E-state index contributed by atoms with van der Waals surface area (Å²) in [5.74, 6) is 0. The third-order valence-corrected chi connectivity index (χ3v) is 1.99. The van der Waals surface area contributed by atoms with Gasteiger partial charge < -0.3 is 5.32 Å². The second kappa shape index (κ2) is 2.55. The maximum absolute atomic E-state index is 5.31. The number of nitrogens with two attached hydrogens (primary N) is 1. The Labute approximate surface area is 48.0 Å². The van der Waals surface area contributed by atoms with E-state index in [4.69, 9.17) is 5.14 Å². The zero-order valence-electron chi connectivity index (χ0n) is 4.18. The Kier molecular flexibility index (Phi) is 1.97. The van der Waals surface area contributed by atoms with Gasteiger partial charge in [0.25, 0.3) is 0 Å². The number of hydrogen-bond acceptors (Lipinski definition) is 3. The fourth-order valence-corrected chi connectivity index (χ4v) is 1.21. The first-order chi connectivity index (χ1) is 3.43. The summed E-state index contributed by atoms with van der Waals surface area (Å²) >= 11 is 1.47. The van der Waals surface area contributed by atoms with Crippen molar-refractivity contribution < 1.29 is 0 Å². The molecule has 1 saturated heterocycles. The van der Waals surface area contributed by atoms with Crippen LogP contribution in [-0.2, 0) is 0 Å². The third kappa shape index (κ3) is 1.33. The Morgan fingerprint density at radius 3 is 2.86 bits per heavy atom. The lowest BCUT2D eigenvalue weighted by molar-refractivity contribution is 0.858. The smallest absolute Gasteiger partial charge is 0.0327 e. The molecule has 42 valence electrons. The van der Waals surface area contributed by atoms with Gasteiger partial charge in [-0.05, 0) is 13.0 Å².